The molecular formula is C21H20N2O7. The summed E-state index contributed by atoms with van der Waals surface area (Å²) in [5.41, 5.74) is 2.02. The third-order valence-electron chi connectivity index (χ3n) is 4.63. The van der Waals surface area contributed by atoms with Crippen LogP contribution in [-0.2, 0) is 17.8 Å². The first-order valence-electron chi connectivity index (χ1n) is 9.18. The summed E-state index contributed by atoms with van der Waals surface area (Å²) in [4.78, 5) is 12.3. The van der Waals surface area contributed by atoms with Crippen molar-refractivity contribution in [1.82, 2.24) is 10.2 Å². The van der Waals surface area contributed by atoms with Crippen molar-refractivity contribution < 1.29 is 32.9 Å². The first-order valence-corrected chi connectivity index (χ1v) is 9.18. The molecule has 0 saturated carbocycles. The molecule has 9 nitrogen and oxygen atoms in total. The summed E-state index contributed by atoms with van der Waals surface area (Å²) in [5, 5.41) is 7.96. The Bertz CT molecular complexity index is 1050. The number of rotatable bonds is 7. The Hall–Kier alpha value is -3.75. The molecule has 0 N–H and O–H groups in total. The Morgan fingerprint density at radius 2 is 1.80 bits per heavy atom. The molecule has 0 bridgehead atoms. The number of benzene rings is 2. The summed E-state index contributed by atoms with van der Waals surface area (Å²) in [6.07, 6.45) is 0.776. The Balaban J connectivity index is 1.47. The lowest BCUT2D eigenvalue weighted by Crippen LogP contribution is -2.05. The molecule has 0 unspecified atom stereocenters. The Morgan fingerprint density at radius 1 is 1.03 bits per heavy atom. The predicted octanol–water partition coefficient (Wildman–Crippen LogP) is 3.05. The van der Waals surface area contributed by atoms with Gasteiger partial charge < -0.3 is 28.1 Å². The smallest absolute Gasteiger partial charge is 0.338 e. The fraction of sp³-hybridized carbons (Fsp3) is 0.286. The van der Waals surface area contributed by atoms with Gasteiger partial charge in [0, 0.05) is 12.0 Å². The standard InChI is InChI=1S/C21H20N2O7/c1-25-16-9-14(10-17(26-2)19(16)27-3)20-23-22-18(30-20)11-29-21(24)13-4-5-15-12(8-13)6-7-28-15/h4-5,8-10H,6-7,11H2,1-3H3. The summed E-state index contributed by atoms with van der Waals surface area (Å²) >= 11 is 0. The topological polar surface area (TPSA) is 102 Å². The van der Waals surface area contributed by atoms with Gasteiger partial charge in [-0.1, -0.05) is 0 Å². The van der Waals surface area contributed by atoms with Crippen LogP contribution in [0.4, 0.5) is 0 Å². The van der Waals surface area contributed by atoms with Crippen molar-refractivity contribution >= 4 is 5.97 Å². The molecule has 0 radical (unpaired) electrons. The largest absolute Gasteiger partial charge is 0.493 e. The van der Waals surface area contributed by atoms with Crippen LogP contribution in [0.5, 0.6) is 23.0 Å². The Labute approximate surface area is 172 Å². The SMILES string of the molecule is COc1cc(-c2nnc(COC(=O)c3ccc4c(c3)CCO4)o2)cc(OC)c1OC. The molecule has 1 aromatic heterocycles. The second-order valence-corrected chi connectivity index (χ2v) is 6.41. The van der Waals surface area contributed by atoms with E-state index >= 15 is 0 Å². The highest BCUT2D eigenvalue weighted by Crippen LogP contribution is 2.40. The molecular weight excluding hydrogens is 392 g/mol. The summed E-state index contributed by atoms with van der Waals surface area (Å²) < 4.78 is 32.4. The molecule has 0 spiro atoms. The first kappa shape index (κ1) is 19.6. The van der Waals surface area contributed by atoms with Gasteiger partial charge in [-0.25, -0.2) is 4.79 Å². The monoisotopic (exact) mass is 412 g/mol. The zero-order chi connectivity index (χ0) is 21.1. The van der Waals surface area contributed by atoms with Crippen LogP contribution in [0, 0.1) is 0 Å². The van der Waals surface area contributed by atoms with Gasteiger partial charge in [0.25, 0.3) is 5.89 Å². The molecule has 0 atom stereocenters. The van der Waals surface area contributed by atoms with Crippen molar-refractivity contribution in [2.24, 2.45) is 0 Å². The second kappa shape index (κ2) is 8.32. The first-order chi connectivity index (χ1) is 14.6. The van der Waals surface area contributed by atoms with E-state index < -0.39 is 5.97 Å². The quantitative estimate of drug-likeness (QED) is 0.542. The molecule has 0 fully saturated rings. The molecule has 9 heteroatoms. The number of fused-ring (bicyclic) bond motifs is 1. The van der Waals surface area contributed by atoms with Gasteiger partial charge in [0.2, 0.25) is 11.6 Å². The molecule has 0 amide bonds. The minimum absolute atomic E-state index is 0.149. The minimum atomic E-state index is -0.475. The second-order valence-electron chi connectivity index (χ2n) is 6.41. The lowest BCUT2D eigenvalue weighted by molar-refractivity contribution is 0.0438. The zero-order valence-electron chi connectivity index (χ0n) is 16.8. The zero-order valence-corrected chi connectivity index (χ0v) is 16.8. The van der Waals surface area contributed by atoms with Gasteiger partial charge in [-0.15, -0.1) is 10.2 Å². The molecule has 4 rings (SSSR count). The number of carbonyl (C=O) groups excluding carboxylic acids is 1. The van der Waals surface area contributed by atoms with E-state index in [9.17, 15) is 4.79 Å². The molecule has 156 valence electrons. The molecule has 30 heavy (non-hydrogen) atoms. The summed E-state index contributed by atoms with van der Waals surface area (Å²) in [5.74, 6) is 2.09. The Kier molecular flexibility index (Phi) is 5.42. The highest BCUT2D eigenvalue weighted by molar-refractivity contribution is 5.89. The molecule has 1 aliphatic heterocycles. The maximum atomic E-state index is 12.3. The van der Waals surface area contributed by atoms with E-state index in [0.717, 1.165) is 17.7 Å². The number of hydrogen-bond acceptors (Lipinski definition) is 9. The van der Waals surface area contributed by atoms with Crippen LogP contribution >= 0.6 is 0 Å². The van der Waals surface area contributed by atoms with E-state index in [1.54, 1.807) is 30.3 Å². The predicted molar refractivity (Wildman–Crippen MR) is 104 cm³/mol. The van der Waals surface area contributed by atoms with Gasteiger partial charge in [0.15, 0.2) is 18.1 Å². The molecule has 2 heterocycles. The van der Waals surface area contributed by atoms with Gasteiger partial charge in [0.05, 0.1) is 33.5 Å². The number of aromatic nitrogens is 2. The van der Waals surface area contributed by atoms with E-state index in [-0.39, 0.29) is 18.4 Å². The molecule has 0 aliphatic carbocycles. The van der Waals surface area contributed by atoms with Crippen LogP contribution in [0.15, 0.2) is 34.7 Å². The maximum absolute atomic E-state index is 12.3. The van der Waals surface area contributed by atoms with Crippen molar-refractivity contribution in [1.29, 1.82) is 0 Å². The minimum Gasteiger partial charge on any atom is -0.493 e. The highest BCUT2D eigenvalue weighted by atomic mass is 16.5. The van der Waals surface area contributed by atoms with E-state index in [0.29, 0.717) is 35.0 Å². The van der Waals surface area contributed by atoms with Gasteiger partial charge in [-0.05, 0) is 35.9 Å². The molecule has 3 aromatic rings. The number of carbonyl (C=O) groups is 1. The number of hydrogen-bond donors (Lipinski definition) is 0. The molecule has 1 aliphatic rings. The number of methoxy groups -OCH3 is 3. The van der Waals surface area contributed by atoms with E-state index in [2.05, 4.69) is 10.2 Å². The van der Waals surface area contributed by atoms with Gasteiger partial charge in [-0.3, -0.25) is 0 Å². The van der Waals surface area contributed by atoms with E-state index in [1.807, 2.05) is 0 Å². The van der Waals surface area contributed by atoms with Crippen molar-refractivity contribution in [2.75, 3.05) is 27.9 Å². The highest BCUT2D eigenvalue weighted by Gasteiger charge is 2.19. The third kappa shape index (κ3) is 3.73. The summed E-state index contributed by atoms with van der Waals surface area (Å²) in [6.45, 7) is 0.476. The fourth-order valence-corrected chi connectivity index (χ4v) is 3.16. The normalized spacial score (nSPS) is 12.1. The average Bonchev–Trinajstić information content (AvgIpc) is 3.45. The van der Waals surface area contributed by atoms with Crippen LogP contribution in [-0.4, -0.2) is 44.1 Å². The number of esters is 1. The average molecular weight is 412 g/mol. The molecule has 2 aromatic carbocycles. The summed E-state index contributed by atoms with van der Waals surface area (Å²) in [6, 6.07) is 8.60. The van der Waals surface area contributed by atoms with E-state index in [4.69, 9.17) is 28.1 Å². The van der Waals surface area contributed by atoms with Crippen LogP contribution < -0.4 is 18.9 Å². The van der Waals surface area contributed by atoms with Crippen molar-refractivity contribution in [3.8, 4) is 34.5 Å². The maximum Gasteiger partial charge on any atom is 0.338 e. The van der Waals surface area contributed by atoms with Crippen LogP contribution in [0.25, 0.3) is 11.5 Å². The van der Waals surface area contributed by atoms with Crippen molar-refractivity contribution in [3.63, 3.8) is 0 Å². The van der Waals surface area contributed by atoms with E-state index in [1.165, 1.54) is 21.3 Å². The van der Waals surface area contributed by atoms with Crippen molar-refractivity contribution in [3.05, 3.63) is 47.3 Å². The lowest BCUT2D eigenvalue weighted by atomic mass is 10.1. The van der Waals surface area contributed by atoms with Crippen LogP contribution in [0.1, 0.15) is 21.8 Å². The van der Waals surface area contributed by atoms with Crippen LogP contribution in [0.3, 0.4) is 0 Å². The Morgan fingerprint density at radius 3 is 2.50 bits per heavy atom. The number of ether oxygens (including phenoxy) is 5. The van der Waals surface area contributed by atoms with Crippen LogP contribution in [0.2, 0.25) is 0 Å². The number of nitrogens with zero attached hydrogens (tertiary/aromatic N) is 2. The third-order valence-corrected chi connectivity index (χ3v) is 4.63. The lowest BCUT2D eigenvalue weighted by Gasteiger charge is -2.12. The molecule has 0 saturated heterocycles. The van der Waals surface area contributed by atoms with Crippen molar-refractivity contribution in [2.45, 2.75) is 13.0 Å². The van der Waals surface area contributed by atoms with Gasteiger partial charge in [0.1, 0.15) is 5.75 Å². The van der Waals surface area contributed by atoms with Gasteiger partial charge in [-0.2, -0.15) is 0 Å². The van der Waals surface area contributed by atoms with Gasteiger partial charge >= 0.3 is 5.97 Å². The fourth-order valence-electron chi connectivity index (χ4n) is 3.16. The summed E-state index contributed by atoms with van der Waals surface area (Å²) in [7, 11) is 4.56.